The first-order valence-corrected chi connectivity index (χ1v) is 8.85. The van der Waals surface area contributed by atoms with Crippen molar-refractivity contribution in [1.82, 2.24) is 5.32 Å². The molecule has 5 heteroatoms. The highest BCUT2D eigenvalue weighted by Gasteiger charge is 2.26. The second kappa shape index (κ2) is 6.84. The SMILES string of the molecule is COc1cc(O)c([C@H]2CCCCN2)c2oc(-c3ccccc3)cc(=O)c12. The predicted molar refractivity (Wildman–Crippen MR) is 101 cm³/mol. The van der Waals surface area contributed by atoms with Crippen LogP contribution >= 0.6 is 0 Å². The van der Waals surface area contributed by atoms with Crippen molar-refractivity contribution in [3.05, 3.63) is 58.3 Å². The van der Waals surface area contributed by atoms with Gasteiger partial charge in [-0.1, -0.05) is 36.8 Å². The molecule has 0 aliphatic carbocycles. The third-order valence-corrected chi connectivity index (χ3v) is 4.92. The first-order valence-electron chi connectivity index (χ1n) is 8.85. The van der Waals surface area contributed by atoms with E-state index in [9.17, 15) is 9.90 Å². The topological polar surface area (TPSA) is 71.7 Å². The molecule has 0 unspecified atom stereocenters. The normalized spacial score (nSPS) is 17.3. The minimum atomic E-state index is -0.181. The molecule has 2 heterocycles. The number of ether oxygens (including phenoxy) is 1. The summed E-state index contributed by atoms with van der Waals surface area (Å²) in [6.07, 6.45) is 3.05. The van der Waals surface area contributed by atoms with Crippen LogP contribution in [0, 0.1) is 0 Å². The smallest absolute Gasteiger partial charge is 0.197 e. The van der Waals surface area contributed by atoms with Crippen molar-refractivity contribution in [1.29, 1.82) is 0 Å². The van der Waals surface area contributed by atoms with E-state index in [1.807, 2.05) is 30.3 Å². The molecule has 1 fully saturated rings. The molecule has 0 bridgehead atoms. The van der Waals surface area contributed by atoms with Crippen LogP contribution in [-0.4, -0.2) is 18.8 Å². The Balaban J connectivity index is 2.02. The van der Waals surface area contributed by atoms with Gasteiger partial charge in [0, 0.05) is 23.7 Å². The zero-order valence-electron chi connectivity index (χ0n) is 14.6. The molecule has 1 aliphatic rings. The van der Waals surface area contributed by atoms with Crippen molar-refractivity contribution >= 4 is 11.0 Å². The van der Waals surface area contributed by atoms with E-state index < -0.39 is 0 Å². The molecule has 0 radical (unpaired) electrons. The van der Waals surface area contributed by atoms with Gasteiger partial charge < -0.3 is 19.6 Å². The highest BCUT2D eigenvalue weighted by molar-refractivity contribution is 5.90. The van der Waals surface area contributed by atoms with E-state index in [0.29, 0.717) is 28.0 Å². The zero-order chi connectivity index (χ0) is 18.1. The summed E-state index contributed by atoms with van der Waals surface area (Å²) in [5.41, 5.74) is 1.67. The van der Waals surface area contributed by atoms with E-state index in [0.717, 1.165) is 31.4 Å². The molecule has 134 valence electrons. The number of nitrogens with one attached hydrogen (secondary N) is 1. The van der Waals surface area contributed by atoms with Crippen molar-refractivity contribution in [2.75, 3.05) is 13.7 Å². The lowest BCUT2D eigenvalue weighted by Crippen LogP contribution is -2.27. The predicted octanol–water partition coefficient (Wildman–Crippen LogP) is 3.99. The number of methoxy groups -OCH3 is 1. The van der Waals surface area contributed by atoms with E-state index in [1.165, 1.54) is 19.2 Å². The van der Waals surface area contributed by atoms with E-state index in [-0.39, 0.29) is 17.2 Å². The third kappa shape index (κ3) is 2.84. The van der Waals surface area contributed by atoms with Gasteiger partial charge >= 0.3 is 0 Å². The molecule has 5 nitrogen and oxygen atoms in total. The van der Waals surface area contributed by atoms with Gasteiger partial charge in [-0.05, 0) is 19.4 Å². The molecule has 1 saturated heterocycles. The van der Waals surface area contributed by atoms with Crippen LogP contribution in [0.1, 0.15) is 30.9 Å². The summed E-state index contributed by atoms with van der Waals surface area (Å²) < 4.78 is 11.5. The Morgan fingerprint density at radius 3 is 2.69 bits per heavy atom. The van der Waals surface area contributed by atoms with Crippen LogP contribution in [0.15, 0.2) is 51.7 Å². The summed E-state index contributed by atoms with van der Waals surface area (Å²) in [5.74, 6) is 0.889. The van der Waals surface area contributed by atoms with Crippen molar-refractivity contribution in [2.45, 2.75) is 25.3 Å². The van der Waals surface area contributed by atoms with Gasteiger partial charge in [0.2, 0.25) is 0 Å². The van der Waals surface area contributed by atoms with Gasteiger partial charge in [-0.3, -0.25) is 4.79 Å². The monoisotopic (exact) mass is 351 g/mol. The molecule has 3 aromatic rings. The Labute approximate surface area is 151 Å². The highest BCUT2D eigenvalue weighted by atomic mass is 16.5. The Bertz CT molecular complexity index is 988. The maximum atomic E-state index is 12.9. The molecule has 1 atom stereocenters. The van der Waals surface area contributed by atoms with Gasteiger partial charge in [-0.25, -0.2) is 0 Å². The number of rotatable bonds is 3. The quantitative estimate of drug-likeness (QED) is 0.746. The van der Waals surface area contributed by atoms with Gasteiger partial charge in [-0.2, -0.15) is 0 Å². The maximum Gasteiger partial charge on any atom is 0.197 e. The first kappa shape index (κ1) is 16.7. The average molecular weight is 351 g/mol. The number of hydrogen-bond acceptors (Lipinski definition) is 5. The van der Waals surface area contributed by atoms with E-state index in [4.69, 9.17) is 9.15 Å². The summed E-state index contributed by atoms with van der Waals surface area (Å²) in [5, 5.41) is 14.4. The molecule has 4 rings (SSSR count). The fourth-order valence-corrected chi connectivity index (χ4v) is 3.65. The van der Waals surface area contributed by atoms with E-state index >= 15 is 0 Å². The number of fused-ring (bicyclic) bond motifs is 1. The van der Waals surface area contributed by atoms with Crippen molar-refractivity contribution in [3.8, 4) is 22.8 Å². The van der Waals surface area contributed by atoms with Gasteiger partial charge in [0.25, 0.3) is 0 Å². The van der Waals surface area contributed by atoms with E-state index in [1.54, 1.807) is 0 Å². The molecule has 0 saturated carbocycles. The van der Waals surface area contributed by atoms with Crippen molar-refractivity contribution in [3.63, 3.8) is 0 Å². The van der Waals surface area contributed by atoms with Crippen LogP contribution in [0.5, 0.6) is 11.5 Å². The lowest BCUT2D eigenvalue weighted by atomic mass is 9.94. The summed E-state index contributed by atoms with van der Waals surface area (Å²) in [4.78, 5) is 12.9. The molecule has 26 heavy (non-hydrogen) atoms. The molecule has 0 spiro atoms. The Hall–Kier alpha value is -2.79. The molecular weight excluding hydrogens is 330 g/mol. The zero-order valence-corrected chi connectivity index (χ0v) is 14.6. The fourth-order valence-electron chi connectivity index (χ4n) is 3.65. The Kier molecular flexibility index (Phi) is 4.39. The number of phenols is 1. The van der Waals surface area contributed by atoms with Gasteiger partial charge in [0.15, 0.2) is 11.0 Å². The second-order valence-corrected chi connectivity index (χ2v) is 6.56. The largest absolute Gasteiger partial charge is 0.507 e. The second-order valence-electron chi connectivity index (χ2n) is 6.56. The van der Waals surface area contributed by atoms with Crippen LogP contribution in [0.25, 0.3) is 22.3 Å². The molecule has 1 aliphatic heterocycles. The number of piperidine rings is 1. The van der Waals surface area contributed by atoms with Crippen LogP contribution in [0.3, 0.4) is 0 Å². The number of benzene rings is 2. The van der Waals surface area contributed by atoms with Gasteiger partial charge in [0.1, 0.15) is 22.6 Å². The van der Waals surface area contributed by atoms with Crippen LogP contribution in [0.2, 0.25) is 0 Å². The standard InChI is InChI=1S/C21H21NO4/c1-25-18-12-15(23)19(14-9-5-6-10-22-14)21-20(18)16(24)11-17(26-21)13-7-3-2-4-8-13/h2-4,7-8,11-12,14,22-23H,5-6,9-10H2,1H3/t14-/m1/s1. The van der Waals surface area contributed by atoms with Crippen LogP contribution < -0.4 is 15.5 Å². The van der Waals surface area contributed by atoms with Crippen LogP contribution in [-0.2, 0) is 0 Å². The van der Waals surface area contributed by atoms with Crippen molar-refractivity contribution < 1.29 is 14.3 Å². The number of hydrogen-bond donors (Lipinski definition) is 2. The molecule has 1 aromatic heterocycles. The minimum absolute atomic E-state index is 0.0497. The number of aromatic hydroxyl groups is 1. The van der Waals surface area contributed by atoms with Crippen molar-refractivity contribution in [2.24, 2.45) is 0 Å². The Morgan fingerprint density at radius 2 is 2.00 bits per heavy atom. The minimum Gasteiger partial charge on any atom is -0.507 e. The first-order chi connectivity index (χ1) is 12.7. The molecule has 0 amide bonds. The highest BCUT2D eigenvalue weighted by Crippen LogP contribution is 2.40. The lowest BCUT2D eigenvalue weighted by molar-refractivity contribution is 0.382. The summed E-state index contributed by atoms with van der Waals surface area (Å²) in [6, 6.07) is 12.4. The van der Waals surface area contributed by atoms with E-state index in [2.05, 4.69) is 5.32 Å². The molecule has 2 N–H and O–H groups in total. The average Bonchev–Trinajstić information content (AvgIpc) is 2.68. The maximum absolute atomic E-state index is 12.9. The summed E-state index contributed by atoms with van der Waals surface area (Å²) in [6.45, 7) is 0.875. The lowest BCUT2D eigenvalue weighted by Gasteiger charge is -2.25. The summed E-state index contributed by atoms with van der Waals surface area (Å²) in [7, 11) is 1.48. The van der Waals surface area contributed by atoms with Gasteiger partial charge in [0.05, 0.1) is 12.7 Å². The third-order valence-electron chi connectivity index (χ3n) is 4.92. The number of phenolic OH excluding ortho intramolecular Hbond substituents is 1. The molecular formula is C21H21NO4. The summed E-state index contributed by atoms with van der Waals surface area (Å²) >= 11 is 0. The molecule has 2 aromatic carbocycles. The Morgan fingerprint density at radius 1 is 1.19 bits per heavy atom. The van der Waals surface area contributed by atoms with Crippen LogP contribution in [0.4, 0.5) is 0 Å². The van der Waals surface area contributed by atoms with Gasteiger partial charge in [-0.15, -0.1) is 0 Å². The fraction of sp³-hybridized carbons (Fsp3) is 0.286.